The third-order valence-corrected chi connectivity index (χ3v) is 3.01. The molecule has 0 fully saturated rings. The molecule has 0 bridgehead atoms. The van der Waals surface area contributed by atoms with E-state index in [0.29, 0.717) is 0 Å². The van der Waals surface area contributed by atoms with Gasteiger partial charge in [0.25, 0.3) is 0 Å². The molecule has 0 saturated carbocycles. The molecular weight excluding hydrogens is 306 g/mol. The third kappa shape index (κ3) is 2.94. The zero-order chi connectivity index (χ0) is 10.8. The van der Waals surface area contributed by atoms with Gasteiger partial charge in [0.15, 0.2) is 0 Å². The number of hydrogen-bond donors (Lipinski definition) is 1. The fourth-order valence-electron chi connectivity index (χ4n) is 1.30. The summed E-state index contributed by atoms with van der Waals surface area (Å²) in [4.78, 5) is 0. The Balaban J connectivity index is 3.11. The molecule has 2 N–H and O–H groups in total. The van der Waals surface area contributed by atoms with Gasteiger partial charge in [-0.1, -0.05) is 37.9 Å². The first-order valence-electron chi connectivity index (χ1n) is 4.32. The summed E-state index contributed by atoms with van der Waals surface area (Å²) in [6.07, 6.45) is 2.60. The minimum absolute atomic E-state index is 0.353. The van der Waals surface area contributed by atoms with Crippen molar-refractivity contribution in [2.45, 2.75) is 18.9 Å². The van der Waals surface area contributed by atoms with E-state index in [9.17, 15) is 0 Å². The third-order valence-electron chi connectivity index (χ3n) is 2.09. The summed E-state index contributed by atoms with van der Waals surface area (Å²) in [5.41, 5.74) is 6.92. The highest BCUT2D eigenvalue weighted by molar-refractivity contribution is 9.11. The number of nitrogens with two attached hydrogens (primary N) is 1. The summed E-state index contributed by atoms with van der Waals surface area (Å²) in [7, 11) is 0. The minimum Gasteiger partial charge on any atom is -0.321 e. The van der Waals surface area contributed by atoms with Crippen LogP contribution in [0.3, 0.4) is 0 Å². The van der Waals surface area contributed by atoms with Gasteiger partial charge in [-0.3, -0.25) is 0 Å². The molecule has 14 heavy (non-hydrogen) atoms. The second-order valence-corrected chi connectivity index (χ2v) is 5.40. The maximum Gasteiger partial charge on any atom is 0.0416 e. The van der Waals surface area contributed by atoms with Crippen molar-refractivity contribution >= 4 is 31.9 Å². The quantitative estimate of drug-likeness (QED) is 0.839. The van der Waals surface area contributed by atoms with Crippen molar-refractivity contribution in [1.82, 2.24) is 0 Å². The first kappa shape index (κ1) is 12.0. The summed E-state index contributed by atoms with van der Waals surface area (Å²) in [6, 6.07) is 6.07. The predicted molar refractivity (Wildman–Crippen MR) is 68.2 cm³/mol. The summed E-state index contributed by atoms with van der Waals surface area (Å²) in [5, 5.41) is 0. The van der Waals surface area contributed by atoms with Gasteiger partial charge < -0.3 is 5.73 Å². The second kappa shape index (κ2) is 4.60. The van der Waals surface area contributed by atoms with Crippen LogP contribution in [0.15, 0.2) is 39.8 Å². The Hall–Kier alpha value is -0.120. The van der Waals surface area contributed by atoms with Crippen LogP contribution in [0.1, 0.15) is 18.9 Å². The van der Waals surface area contributed by atoms with E-state index in [0.717, 1.165) is 20.9 Å². The molecule has 3 heteroatoms. The van der Waals surface area contributed by atoms with E-state index < -0.39 is 0 Å². The summed E-state index contributed by atoms with van der Waals surface area (Å²) in [6.45, 7) is 5.72. The van der Waals surface area contributed by atoms with Gasteiger partial charge >= 0.3 is 0 Å². The lowest BCUT2D eigenvalue weighted by Crippen LogP contribution is -2.32. The molecule has 1 atom stereocenters. The Morgan fingerprint density at radius 1 is 1.36 bits per heavy atom. The van der Waals surface area contributed by atoms with Crippen LogP contribution in [0.25, 0.3) is 0 Å². The molecule has 1 aromatic carbocycles. The van der Waals surface area contributed by atoms with Crippen LogP contribution in [0, 0.1) is 0 Å². The lowest BCUT2D eigenvalue weighted by atomic mass is 9.90. The molecule has 1 rings (SSSR count). The van der Waals surface area contributed by atoms with Gasteiger partial charge in [0.05, 0.1) is 0 Å². The van der Waals surface area contributed by atoms with E-state index in [1.165, 1.54) is 0 Å². The largest absolute Gasteiger partial charge is 0.321 e. The molecule has 1 nitrogen and oxygen atoms in total. The van der Waals surface area contributed by atoms with Gasteiger partial charge in [-0.2, -0.15) is 0 Å². The molecule has 0 radical (unpaired) electrons. The highest BCUT2D eigenvalue weighted by atomic mass is 79.9. The maximum absolute atomic E-state index is 6.17. The summed E-state index contributed by atoms with van der Waals surface area (Å²) in [5.74, 6) is 0. The number of benzene rings is 1. The Bertz CT molecular complexity index is 325. The normalized spacial score (nSPS) is 14.9. The van der Waals surface area contributed by atoms with Crippen molar-refractivity contribution in [3.8, 4) is 0 Å². The van der Waals surface area contributed by atoms with Crippen LogP contribution >= 0.6 is 31.9 Å². The van der Waals surface area contributed by atoms with E-state index in [1.54, 1.807) is 0 Å². The van der Waals surface area contributed by atoms with Crippen LogP contribution < -0.4 is 5.73 Å². The van der Waals surface area contributed by atoms with Gasteiger partial charge in [0, 0.05) is 14.5 Å². The average Bonchev–Trinajstić information content (AvgIpc) is 2.02. The Kier molecular flexibility index (Phi) is 3.93. The zero-order valence-electron chi connectivity index (χ0n) is 8.06. The molecular formula is C11H13Br2N. The van der Waals surface area contributed by atoms with Crippen molar-refractivity contribution < 1.29 is 0 Å². The molecule has 76 valence electrons. The van der Waals surface area contributed by atoms with Crippen LogP contribution in [0.4, 0.5) is 0 Å². The SMILES string of the molecule is C=CC[C@@](C)(N)c1cc(Br)cc(Br)c1. The molecule has 0 saturated heterocycles. The van der Waals surface area contributed by atoms with Crippen molar-refractivity contribution in [2.24, 2.45) is 5.73 Å². The van der Waals surface area contributed by atoms with Gasteiger partial charge in [-0.15, -0.1) is 6.58 Å². The highest BCUT2D eigenvalue weighted by Crippen LogP contribution is 2.28. The van der Waals surface area contributed by atoms with Gasteiger partial charge in [0.2, 0.25) is 0 Å². The highest BCUT2D eigenvalue weighted by Gasteiger charge is 2.19. The molecule has 0 heterocycles. The van der Waals surface area contributed by atoms with Crippen molar-refractivity contribution in [1.29, 1.82) is 0 Å². The van der Waals surface area contributed by atoms with Crippen LogP contribution in [-0.2, 0) is 5.54 Å². The molecule has 0 spiro atoms. The van der Waals surface area contributed by atoms with Gasteiger partial charge in [-0.25, -0.2) is 0 Å². The Labute approximate surface area is 102 Å². The summed E-state index contributed by atoms with van der Waals surface area (Å²) >= 11 is 6.89. The van der Waals surface area contributed by atoms with Crippen LogP contribution in [0.2, 0.25) is 0 Å². The van der Waals surface area contributed by atoms with E-state index >= 15 is 0 Å². The molecule has 0 aliphatic rings. The first-order chi connectivity index (χ1) is 6.45. The smallest absolute Gasteiger partial charge is 0.0416 e. The second-order valence-electron chi connectivity index (χ2n) is 3.57. The van der Waals surface area contributed by atoms with E-state index in [4.69, 9.17) is 5.73 Å². The monoisotopic (exact) mass is 317 g/mol. The first-order valence-corrected chi connectivity index (χ1v) is 5.90. The molecule has 0 aliphatic carbocycles. The van der Waals surface area contributed by atoms with E-state index in [-0.39, 0.29) is 5.54 Å². The molecule has 0 unspecified atom stereocenters. The standard InChI is InChI=1S/C11H13Br2N/c1-3-4-11(2,14)8-5-9(12)7-10(13)6-8/h3,5-7H,1,4,14H2,2H3/t11-/m1/s1. The average molecular weight is 319 g/mol. The van der Waals surface area contributed by atoms with Crippen molar-refractivity contribution in [3.05, 3.63) is 45.4 Å². The van der Waals surface area contributed by atoms with Gasteiger partial charge in [-0.05, 0) is 37.1 Å². The molecule has 1 aromatic rings. The number of hydrogen-bond acceptors (Lipinski definition) is 1. The van der Waals surface area contributed by atoms with Gasteiger partial charge in [0.1, 0.15) is 0 Å². The topological polar surface area (TPSA) is 26.0 Å². The fraction of sp³-hybridized carbons (Fsp3) is 0.273. The molecule has 0 aliphatic heterocycles. The lowest BCUT2D eigenvalue weighted by molar-refractivity contribution is 0.502. The van der Waals surface area contributed by atoms with Crippen molar-refractivity contribution in [2.75, 3.05) is 0 Å². The zero-order valence-corrected chi connectivity index (χ0v) is 11.2. The minimum atomic E-state index is -0.353. The predicted octanol–water partition coefficient (Wildman–Crippen LogP) is 3.96. The lowest BCUT2D eigenvalue weighted by Gasteiger charge is -2.24. The molecule has 0 aromatic heterocycles. The number of rotatable bonds is 3. The van der Waals surface area contributed by atoms with Crippen molar-refractivity contribution in [3.63, 3.8) is 0 Å². The van der Waals surface area contributed by atoms with E-state index in [2.05, 4.69) is 38.4 Å². The van der Waals surface area contributed by atoms with Crippen LogP contribution in [-0.4, -0.2) is 0 Å². The van der Waals surface area contributed by atoms with Crippen LogP contribution in [0.5, 0.6) is 0 Å². The molecule has 0 amide bonds. The maximum atomic E-state index is 6.17. The number of halogens is 2. The summed E-state index contributed by atoms with van der Waals surface area (Å²) < 4.78 is 2.06. The Morgan fingerprint density at radius 2 is 1.86 bits per heavy atom. The fourth-order valence-corrected chi connectivity index (χ4v) is 2.59. The van der Waals surface area contributed by atoms with E-state index in [1.807, 2.05) is 31.2 Å². The Morgan fingerprint density at radius 3 is 2.29 bits per heavy atom.